The maximum Gasteiger partial charge on any atom is 0.408 e. The van der Waals surface area contributed by atoms with Gasteiger partial charge < -0.3 is 81.1 Å². The lowest BCUT2D eigenvalue weighted by molar-refractivity contribution is -0.249. The van der Waals surface area contributed by atoms with Crippen molar-refractivity contribution in [2.75, 3.05) is 20.3 Å². The van der Waals surface area contributed by atoms with Gasteiger partial charge in [0.1, 0.15) is 59.2 Å². The first-order valence-electron chi connectivity index (χ1n) is 38.9. The number of rotatable bonds is 31. The number of carbonyl (C=O) groups is 9. The molecule has 4 fully saturated rings. The van der Waals surface area contributed by atoms with Crippen molar-refractivity contribution >= 4 is 52.9 Å². The number of carbonyl (C=O) groups excluding carboxylic acids is 8. The number of phenolic OH excluding ortho intramolecular Hbond substituents is 4. The van der Waals surface area contributed by atoms with E-state index in [-0.39, 0.29) is 103 Å². The van der Waals surface area contributed by atoms with Gasteiger partial charge in [-0.25, -0.2) is 9.59 Å². The average molecular weight is 1510 g/mol. The summed E-state index contributed by atoms with van der Waals surface area (Å²) in [4.78, 5) is 125. The number of benzene rings is 4. The number of aromatic hydroxyl groups is 4. The summed E-state index contributed by atoms with van der Waals surface area (Å²) in [7, 11) is 1.28. The van der Waals surface area contributed by atoms with E-state index in [2.05, 4.69) is 62.0 Å². The van der Waals surface area contributed by atoms with Gasteiger partial charge in [-0.2, -0.15) is 0 Å². The Kier molecular flexibility index (Phi) is 25.5. The van der Waals surface area contributed by atoms with Crippen molar-refractivity contribution in [2.24, 2.45) is 52.3 Å². The number of Topliss-reactive ketones (excluding diaryl/α,β-unsaturated/α-hetero) is 2. The number of ether oxygens (including phenoxy) is 4. The van der Waals surface area contributed by atoms with Crippen molar-refractivity contribution in [3.05, 3.63) is 123 Å². The van der Waals surface area contributed by atoms with Crippen LogP contribution in [0, 0.1) is 52.3 Å². The Hall–Kier alpha value is -8.75. The number of aliphatic hydroxyl groups excluding tert-OH is 2. The minimum absolute atomic E-state index is 0.0135. The maximum absolute atomic E-state index is 14.8. The fourth-order valence-electron chi connectivity index (χ4n) is 19.5. The van der Waals surface area contributed by atoms with E-state index in [0.29, 0.717) is 59.0 Å². The SMILES string of the molecule is COc1cccc2c1C(=O)c1c(O)c3c(c(O)c1C2=O)C[C@@](O)(C(=O)CO)C[C@@H]3O[C@H]1C[C@H](NC(=O)CCC(=O)NCCCC[C@@H](CC(=O)C(Cc2ccc(O)cc2)NC(=O)OC2CC[C@@]3(C)C(=CC[C@@H]4[C@@H]3CC[C@]3(C)C([C@H](C)CCCC(C)C)CC[C@@H]43)C2)C(=O)NC(Cc2ccc(O)cc2)C(=O)O)[C@H](O)[C@H](C)O1. The van der Waals surface area contributed by atoms with Crippen LogP contribution >= 0.6 is 0 Å². The van der Waals surface area contributed by atoms with Crippen LogP contribution in [0.5, 0.6) is 28.7 Å². The zero-order valence-corrected chi connectivity index (χ0v) is 63.4. The summed E-state index contributed by atoms with van der Waals surface area (Å²) >= 11 is 0. The summed E-state index contributed by atoms with van der Waals surface area (Å²) in [5.41, 5.74) is -1.76. The molecule has 4 amide bonds. The molecule has 4 aromatic rings. The molecule has 25 nitrogen and oxygen atoms in total. The molecule has 1 heterocycles. The lowest BCUT2D eigenvalue weighted by atomic mass is 9.47. The minimum atomic E-state index is -2.44. The van der Waals surface area contributed by atoms with Gasteiger partial charge >= 0.3 is 12.1 Å². The zero-order valence-electron chi connectivity index (χ0n) is 63.4. The highest BCUT2D eigenvalue weighted by Gasteiger charge is 2.60. The number of aliphatic carboxylic acids is 1. The van der Waals surface area contributed by atoms with Gasteiger partial charge in [-0.1, -0.05) is 108 Å². The predicted octanol–water partition coefficient (Wildman–Crippen LogP) is 9.77. The van der Waals surface area contributed by atoms with Crippen LogP contribution < -0.4 is 26.0 Å². The molecule has 590 valence electrons. The standard InChI is InChI=1S/C84H108N4O21/c1-44(2)12-10-13-45(3)57-27-28-58-54-26-21-50-39-53(31-33-82(50,5)59(54)32-34-83(57,58)6)108-81(104)88-60(36-47-17-22-51(90)23-18-47)63(92)38-49(79(101)87-62(80(102)103)37-48-19-24-52(91)25-20-48)14-8-9-35-85-67(94)29-30-68(95)86-61-40-69(107-46(4)74(61)96)109-65-42-84(105,66(93)43-89)41-56-71(65)78(100)73-72(76(56)98)75(97)55-15-11-16-64(106-7)70(55)77(73)99/h11,15-25,44-46,49,53-54,57-62,65,69,74,89-91,96,98,100,105H,8-10,12-14,26-43H2,1-7H3,(H,85,94)(H,86,95)(H,87,101)(H,88,104)(H,102,103)/t45-,46+,49+,53?,54+,57?,58+,59+,60?,61+,62?,65+,69+,74-,82+,83-,84+/m1/s1. The van der Waals surface area contributed by atoms with Crippen LogP contribution in [0.2, 0.25) is 0 Å². The number of unbranched alkanes of at least 4 members (excludes halogenated alkanes) is 1. The van der Waals surface area contributed by atoms with E-state index in [1.54, 1.807) is 12.1 Å². The number of carboxylic acids is 1. The molecule has 1 aliphatic heterocycles. The number of ketones is 4. The summed E-state index contributed by atoms with van der Waals surface area (Å²) in [5.74, 6) is -5.45. The molecule has 0 aromatic heterocycles. The number of carboxylic acid groups (broad SMARTS) is 1. The number of fused-ring (bicyclic) bond motifs is 8. The second kappa shape index (κ2) is 34.3. The molecule has 0 spiro atoms. The summed E-state index contributed by atoms with van der Waals surface area (Å²) in [6.07, 6.45) is 5.31. The predicted molar refractivity (Wildman–Crippen MR) is 398 cm³/mol. The highest BCUT2D eigenvalue weighted by Crippen LogP contribution is 2.68. The van der Waals surface area contributed by atoms with E-state index >= 15 is 0 Å². The molecule has 109 heavy (non-hydrogen) atoms. The lowest BCUT2D eigenvalue weighted by Crippen LogP contribution is -2.56. The Morgan fingerprint density at radius 3 is 2.09 bits per heavy atom. The molecule has 4 unspecified atom stereocenters. The minimum Gasteiger partial charge on any atom is -0.508 e. The number of allylic oxidation sites excluding steroid dienone is 1. The van der Waals surface area contributed by atoms with Gasteiger partial charge in [-0.05, 0) is 159 Å². The number of amides is 4. The van der Waals surface area contributed by atoms with Gasteiger partial charge in [0.15, 0.2) is 23.6 Å². The second-order valence-electron chi connectivity index (χ2n) is 32.8. The normalized spacial score (nSPS) is 27.8. The number of nitrogens with one attached hydrogen (secondary N) is 4. The van der Waals surface area contributed by atoms with Gasteiger partial charge in [-0.15, -0.1) is 0 Å². The molecule has 12 N–H and O–H groups in total. The van der Waals surface area contributed by atoms with Crippen molar-refractivity contribution < 1.29 is 103 Å². The molecule has 4 aromatic carbocycles. The Balaban J connectivity index is 0.708. The van der Waals surface area contributed by atoms with Crippen LogP contribution in [0.1, 0.15) is 224 Å². The first-order chi connectivity index (χ1) is 51.8. The largest absolute Gasteiger partial charge is 0.508 e. The third-order valence-electron chi connectivity index (χ3n) is 25.4. The van der Waals surface area contributed by atoms with Crippen LogP contribution in [0.25, 0.3) is 0 Å². The van der Waals surface area contributed by atoms with Crippen molar-refractivity contribution in [1.29, 1.82) is 0 Å². The molecule has 17 atom stereocenters. The van der Waals surface area contributed by atoms with Crippen molar-refractivity contribution in [2.45, 2.75) is 237 Å². The van der Waals surface area contributed by atoms with E-state index in [0.717, 1.165) is 18.8 Å². The number of phenols is 4. The Morgan fingerprint density at radius 2 is 1.42 bits per heavy atom. The van der Waals surface area contributed by atoms with E-state index in [4.69, 9.17) is 18.9 Å². The van der Waals surface area contributed by atoms with Crippen molar-refractivity contribution in [3.63, 3.8) is 0 Å². The summed E-state index contributed by atoms with van der Waals surface area (Å²) in [6.45, 7) is 12.5. The van der Waals surface area contributed by atoms with Crippen molar-refractivity contribution in [3.8, 4) is 28.7 Å². The van der Waals surface area contributed by atoms with E-state index in [9.17, 15) is 84.0 Å². The third kappa shape index (κ3) is 17.7. The van der Waals surface area contributed by atoms with Crippen LogP contribution in [0.3, 0.4) is 0 Å². The monoisotopic (exact) mass is 1510 g/mol. The first kappa shape index (κ1) is 81.2. The van der Waals surface area contributed by atoms with E-state index in [1.807, 2.05) is 0 Å². The smallest absolute Gasteiger partial charge is 0.408 e. The molecule has 3 saturated carbocycles. The number of alkyl carbamates (subject to hydrolysis) is 1. The highest BCUT2D eigenvalue weighted by molar-refractivity contribution is 6.31. The van der Waals surface area contributed by atoms with Crippen molar-refractivity contribution in [1.82, 2.24) is 21.3 Å². The van der Waals surface area contributed by atoms with Gasteiger partial charge in [0.05, 0.1) is 48.1 Å². The summed E-state index contributed by atoms with van der Waals surface area (Å²) < 4.78 is 23.9. The average Bonchev–Trinajstić information content (AvgIpc) is 1.61. The van der Waals surface area contributed by atoms with Gasteiger partial charge in [0.2, 0.25) is 23.5 Å². The molecular weight excluding hydrogens is 1400 g/mol. The molecule has 1 saturated heterocycles. The first-order valence-corrected chi connectivity index (χ1v) is 38.9. The van der Waals surface area contributed by atoms with Gasteiger partial charge in [0, 0.05) is 80.5 Å². The molecule has 0 bridgehead atoms. The molecule has 25 heteroatoms. The maximum atomic E-state index is 14.8. The molecule has 6 aliphatic carbocycles. The summed E-state index contributed by atoms with van der Waals surface area (Å²) in [6, 6.07) is 12.4. The quantitative estimate of drug-likeness (QED) is 0.0111. The zero-order chi connectivity index (χ0) is 78.6. The number of methoxy groups -OCH3 is 1. The second-order valence-corrected chi connectivity index (χ2v) is 32.8. The van der Waals surface area contributed by atoms with E-state index < -0.39 is 162 Å². The molecular formula is C84H108N4O21. The summed E-state index contributed by atoms with van der Waals surface area (Å²) in [5, 5.41) is 98.2. The van der Waals surface area contributed by atoms with Gasteiger partial charge in [0.25, 0.3) is 0 Å². The Labute approximate surface area is 635 Å². The van der Waals surface area contributed by atoms with E-state index in [1.165, 1.54) is 119 Å². The molecule has 0 radical (unpaired) electrons. The number of aliphatic hydroxyl groups is 3. The molecule has 11 rings (SSSR count). The third-order valence-corrected chi connectivity index (χ3v) is 25.4. The lowest BCUT2D eigenvalue weighted by Gasteiger charge is -2.58. The topological polar surface area (TPSA) is 401 Å². The van der Waals surface area contributed by atoms with Crippen LogP contribution in [-0.2, 0) is 62.2 Å². The fourth-order valence-corrected chi connectivity index (χ4v) is 19.5. The highest BCUT2D eigenvalue weighted by atomic mass is 16.7. The molecule has 7 aliphatic rings. The fraction of sp³-hybridized carbons (Fsp3) is 0.583. The van der Waals surface area contributed by atoms with Crippen LogP contribution in [-0.4, -0.2) is 162 Å². The Bertz CT molecular complexity index is 4100. The van der Waals surface area contributed by atoms with Gasteiger partial charge in [-0.3, -0.25) is 33.6 Å². The van der Waals surface area contributed by atoms with Crippen LogP contribution in [0.4, 0.5) is 4.79 Å². The number of hydrogen-bond donors (Lipinski definition) is 12. The Morgan fingerprint density at radius 1 is 0.743 bits per heavy atom. The number of hydrogen-bond acceptors (Lipinski definition) is 20. The van der Waals surface area contributed by atoms with Crippen LogP contribution in [0.15, 0.2) is 78.4 Å².